The smallest absolute Gasteiger partial charge is 0.416 e. The fraction of sp³-hybridized carbons (Fsp3) is 0.457. The minimum absolute atomic E-state index is 0.0413. The number of amides is 1. The summed E-state index contributed by atoms with van der Waals surface area (Å²) in [6.45, 7) is 3.60. The third kappa shape index (κ3) is 8.80. The van der Waals surface area contributed by atoms with Crippen molar-refractivity contribution in [2.24, 2.45) is 0 Å². The van der Waals surface area contributed by atoms with Gasteiger partial charge in [-0.1, -0.05) is 19.3 Å². The summed E-state index contributed by atoms with van der Waals surface area (Å²) in [7, 11) is 3.39. The summed E-state index contributed by atoms with van der Waals surface area (Å²) in [5.41, 5.74) is -0.952. The zero-order valence-electron chi connectivity index (χ0n) is 27.3. The molecule has 0 radical (unpaired) electrons. The summed E-state index contributed by atoms with van der Waals surface area (Å²) in [6, 6.07) is 3.19. The lowest BCUT2D eigenvalue weighted by Gasteiger charge is -2.26. The van der Waals surface area contributed by atoms with Crippen molar-refractivity contribution in [2.75, 3.05) is 27.2 Å². The second kappa shape index (κ2) is 15.3. The Morgan fingerprint density at radius 2 is 1.73 bits per heavy atom. The van der Waals surface area contributed by atoms with Gasteiger partial charge >= 0.3 is 12.1 Å². The molecule has 3 aromatic rings. The zero-order valence-corrected chi connectivity index (χ0v) is 27.3. The van der Waals surface area contributed by atoms with Crippen LogP contribution < -0.4 is 15.6 Å². The molecule has 1 aromatic heterocycles. The molecular weight excluding hydrogens is 637 g/mol. The van der Waals surface area contributed by atoms with E-state index in [2.05, 4.69) is 5.32 Å². The van der Waals surface area contributed by atoms with Gasteiger partial charge in [-0.05, 0) is 87.7 Å². The van der Waals surface area contributed by atoms with Gasteiger partial charge in [0.2, 0.25) is 5.91 Å². The Labute approximate surface area is 275 Å². The predicted octanol–water partition coefficient (Wildman–Crippen LogP) is 6.75. The normalized spacial score (nSPS) is 17.8. The molecule has 2 bridgehead atoms. The average molecular weight is 678 g/mol. The van der Waals surface area contributed by atoms with Gasteiger partial charge in [0.1, 0.15) is 23.4 Å². The quantitative estimate of drug-likeness (QED) is 0.280. The molecule has 13 heteroatoms. The van der Waals surface area contributed by atoms with Gasteiger partial charge in [0.05, 0.1) is 24.6 Å². The van der Waals surface area contributed by atoms with E-state index in [1.54, 1.807) is 25.9 Å². The molecule has 1 aliphatic heterocycles. The van der Waals surface area contributed by atoms with Gasteiger partial charge < -0.3 is 24.6 Å². The largest absolute Gasteiger partial charge is 0.493 e. The number of carboxylic acids is 1. The van der Waals surface area contributed by atoms with Crippen LogP contribution in [0.15, 0.2) is 41.3 Å². The first-order valence-electron chi connectivity index (χ1n) is 15.8. The Balaban J connectivity index is 1.87. The molecule has 2 aromatic carbocycles. The number of nitrogens with one attached hydrogen (secondary N) is 1. The van der Waals surface area contributed by atoms with E-state index in [0.29, 0.717) is 48.4 Å². The monoisotopic (exact) mass is 677 g/mol. The number of carbonyl (C=O) groups excluding carboxylic acids is 1. The summed E-state index contributed by atoms with van der Waals surface area (Å²) < 4.78 is 79.1. The number of nitrogens with zero attached hydrogens (tertiary/aromatic N) is 2. The number of pyridine rings is 1. The second-order valence-corrected chi connectivity index (χ2v) is 12.5. The number of hydrogen-bond acceptors (Lipinski definition) is 5. The molecule has 0 spiro atoms. The van der Waals surface area contributed by atoms with E-state index in [4.69, 9.17) is 4.74 Å². The van der Waals surface area contributed by atoms with Crippen molar-refractivity contribution in [1.29, 1.82) is 0 Å². The van der Waals surface area contributed by atoms with Crippen molar-refractivity contribution in [3.8, 4) is 16.9 Å². The molecular formula is C35H40F5N3O5. The molecule has 4 rings (SSSR count). The number of carbonyl (C=O) groups is 2. The van der Waals surface area contributed by atoms with Crippen LogP contribution in [0.1, 0.15) is 78.4 Å². The van der Waals surface area contributed by atoms with Gasteiger partial charge in [-0.15, -0.1) is 0 Å². The van der Waals surface area contributed by atoms with Gasteiger partial charge in [-0.2, -0.15) is 13.2 Å². The second-order valence-electron chi connectivity index (χ2n) is 12.5. The molecule has 0 aliphatic carbocycles. The number of aromatic nitrogens is 1. The zero-order chi connectivity index (χ0) is 35.3. The van der Waals surface area contributed by atoms with Crippen molar-refractivity contribution < 1.29 is 41.4 Å². The van der Waals surface area contributed by atoms with Crippen LogP contribution in [-0.2, 0) is 22.2 Å². The Hall–Kier alpha value is -4.26. The first-order valence-corrected chi connectivity index (χ1v) is 15.8. The molecule has 0 unspecified atom stereocenters. The van der Waals surface area contributed by atoms with Crippen LogP contribution in [0.4, 0.5) is 22.0 Å². The van der Waals surface area contributed by atoms with Crippen LogP contribution in [0, 0.1) is 25.5 Å². The minimum atomic E-state index is -4.81. The molecule has 260 valence electrons. The van der Waals surface area contributed by atoms with Crippen molar-refractivity contribution in [1.82, 2.24) is 14.8 Å². The Morgan fingerprint density at radius 3 is 2.40 bits per heavy atom. The van der Waals surface area contributed by atoms with Crippen molar-refractivity contribution in [3.05, 3.63) is 86.3 Å². The van der Waals surface area contributed by atoms with E-state index in [1.807, 2.05) is 0 Å². The fourth-order valence-corrected chi connectivity index (χ4v) is 6.09. The molecule has 1 aliphatic rings. The summed E-state index contributed by atoms with van der Waals surface area (Å²) in [5, 5.41) is 12.4. The van der Waals surface area contributed by atoms with E-state index in [0.717, 1.165) is 10.8 Å². The van der Waals surface area contributed by atoms with Gasteiger partial charge in [0.15, 0.2) is 0 Å². The van der Waals surface area contributed by atoms with Crippen LogP contribution in [-0.4, -0.2) is 53.7 Å². The number of rotatable bonds is 6. The SMILES string of the molecule is Cc1cc2cc(c1F)[C@H](CC(=O)O)NC(=O)[C@@H](n1cc(CCN(C)C)c(C(F)(F)F)cc1=O)CCCCCCOc1cc(F)cc(C)c1-2. The topological polar surface area (TPSA) is 101 Å². The Morgan fingerprint density at radius 1 is 1.02 bits per heavy atom. The third-order valence-corrected chi connectivity index (χ3v) is 8.47. The molecule has 8 nitrogen and oxygen atoms in total. The van der Waals surface area contributed by atoms with Crippen LogP contribution in [0.25, 0.3) is 11.1 Å². The average Bonchev–Trinajstić information content (AvgIpc) is 2.97. The molecule has 0 saturated heterocycles. The summed E-state index contributed by atoms with van der Waals surface area (Å²) in [5.74, 6) is -3.25. The molecule has 2 atom stereocenters. The summed E-state index contributed by atoms with van der Waals surface area (Å²) >= 11 is 0. The lowest BCUT2D eigenvalue weighted by atomic mass is 9.92. The maximum atomic E-state index is 15.8. The van der Waals surface area contributed by atoms with E-state index in [-0.39, 0.29) is 48.4 Å². The standard InChI is InChI=1S/C35H40F5N3O5/c1-20-14-24(36)16-29-32(20)23-13-21(2)33(37)25(15-23)27(18-31(45)46)41-34(47)28(9-7-5-6-8-12-48-29)43-19-22(10-11-42(3)4)26(17-30(43)44)35(38,39)40/h13-17,19,27-28H,5-12,18H2,1-4H3,(H,41,47)(H,45,46)/t27-,28-/m0/s1. The highest BCUT2D eigenvalue weighted by Crippen LogP contribution is 2.38. The number of benzene rings is 2. The number of aryl methyl sites for hydroxylation is 2. The number of hydrogen-bond donors (Lipinski definition) is 2. The maximum Gasteiger partial charge on any atom is 0.416 e. The molecule has 1 amide bonds. The van der Waals surface area contributed by atoms with Gasteiger partial charge in [-0.25, -0.2) is 8.78 Å². The van der Waals surface area contributed by atoms with E-state index in [9.17, 15) is 37.1 Å². The van der Waals surface area contributed by atoms with Gasteiger partial charge in [0.25, 0.3) is 5.56 Å². The van der Waals surface area contributed by atoms with Crippen LogP contribution in [0.5, 0.6) is 5.75 Å². The van der Waals surface area contributed by atoms with Crippen molar-refractivity contribution in [2.45, 2.75) is 77.1 Å². The van der Waals surface area contributed by atoms with Gasteiger partial charge in [0, 0.05) is 36.0 Å². The molecule has 0 fully saturated rings. The highest BCUT2D eigenvalue weighted by atomic mass is 19.4. The first-order chi connectivity index (χ1) is 22.6. The Bertz CT molecular complexity index is 1720. The fourth-order valence-electron chi connectivity index (χ4n) is 6.09. The molecule has 2 heterocycles. The van der Waals surface area contributed by atoms with Crippen LogP contribution in [0.2, 0.25) is 0 Å². The lowest BCUT2D eigenvalue weighted by Crippen LogP contribution is -2.40. The number of aliphatic carboxylic acids is 1. The number of ether oxygens (including phenoxy) is 1. The third-order valence-electron chi connectivity index (χ3n) is 8.47. The van der Waals surface area contributed by atoms with Crippen LogP contribution in [0.3, 0.4) is 0 Å². The molecule has 2 N–H and O–H groups in total. The van der Waals surface area contributed by atoms with E-state index in [1.165, 1.54) is 31.2 Å². The summed E-state index contributed by atoms with van der Waals surface area (Å²) in [4.78, 5) is 41.0. The highest BCUT2D eigenvalue weighted by Gasteiger charge is 2.36. The predicted molar refractivity (Wildman–Crippen MR) is 170 cm³/mol. The number of alkyl halides is 3. The minimum Gasteiger partial charge on any atom is -0.493 e. The van der Waals surface area contributed by atoms with E-state index < -0.39 is 59.3 Å². The number of likely N-dealkylation sites (N-methyl/N-ethyl adjacent to an activating group) is 1. The number of fused-ring (bicyclic) bond motifs is 4. The first kappa shape index (κ1) is 36.6. The van der Waals surface area contributed by atoms with E-state index >= 15 is 4.39 Å². The van der Waals surface area contributed by atoms with Crippen molar-refractivity contribution >= 4 is 11.9 Å². The molecule has 0 saturated carbocycles. The van der Waals surface area contributed by atoms with Gasteiger partial charge in [-0.3, -0.25) is 14.4 Å². The highest BCUT2D eigenvalue weighted by molar-refractivity contribution is 5.82. The summed E-state index contributed by atoms with van der Waals surface area (Å²) in [6.07, 6.45) is -2.35. The van der Waals surface area contributed by atoms with Crippen molar-refractivity contribution in [3.63, 3.8) is 0 Å². The molecule has 48 heavy (non-hydrogen) atoms. The maximum absolute atomic E-state index is 15.8. The number of halogens is 5. The number of carboxylic acid groups (broad SMARTS) is 1. The Kier molecular flexibility index (Phi) is 11.7. The van der Waals surface area contributed by atoms with Crippen LogP contribution >= 0.6 is 0 Å². The lowest BCUT2D eigenvalue weighted by molar-refractivity contribution is -0.139.